The molecule has 1 aromatic rings. The Balaban J connectivity index is 3.05. The number of sulfonamides is 2. The number of anilines is 1. The van der Waals surface area contributed by atoms with Crippen LogP contribution in [-0.4, -0.2) is 28.5 Å². The summed E-state index contributed by atoms with van der Waals surface area (Å²) in [6.45, 7) is 1.57. The Hall–Kier alpha value is -0.830. The van der Waals surface area contributed by atoms with Gasteiger partial charge in [0.2, 0.25) is 20.0 Å². The molecule has 0 atom stereocenters. The van der Waals surface area contributed by atoms with Gasteiger partial charge in [-0.25, -0.2) is 22.0 Å². The molecule has 0 amide bonds. The van der Waals surface area contributed by atoms with Gasteiger partial charge in [-0.15, -0.1) is 11.6 Å². The first-order valence-electron chi connectivity index (χ1n) is 5.35. The van der Waals surface area contributed by atoms with Gasteiger partial charge >= 0.3 is 0 Å². The minimum Gasteiger partial charge on any atom is -0.284 e. The monoisotopic (exact) mass is 326 g/mol. The van der Waals surface area contributed by atoms with Crippen molar-refractivity contribution in [3.63, 3.8) is 0 Å². The van der Waals surface area contributed by atoms with E-state index in [0.717, 1.165) is 0 Å². The van der Waals surface area contributed by atoms with E-state index in [0.29, 0.717) is 12.0 Å². The van der Waals surface area contributed by atoms with Crippen molar-refractivity contribution in [2.24, 2.45) is 5.14 Å². The lowest BCUT2D eigenvalue weighted by Gasteiger charge is -2.10. The van der Waals surface area contributed by atoms with Gasteiger partial charge < -0.3 is 0 Å². The van der Waals surface area contributed by atoms with Crippen molar-refractivity contribution >= 4 is 37.3 Å². The van der Waals surface area contributed by atoms with Crippen LogP contribution in [0.2, 0.25) is 0 Å². The highest BCUT2D eigenvalue weighted by Gasteiger charge is 2.15. The molecule has 1 rings (SSSR count). The first-order chi connectivity index (χ1) is 8.65. The number of hydrogen-bond donors (Lipinski definition) is 2. The lowest BCUT2D eigenvalue weighted by molar-refractivity contribution is 0.595. The lowest BCUT2D eigenvalue weighted by atomic mass is 10.2. The van der Waals surface area contributed by atoms with Crippen molar-refractivity contribution in [1.82, 2.24) is 0 Å². The fourth-order valence-corrected chi connectivity index (χ4v) is 3.66. The van der Waals surface area contributed by atoms with Crippen LogP contribution in [0, 0.1) is 6.92 Å². The molecule has 0 aliphatic heterocycles. The van der Waals surface area contributed by atoms with Crippen molar-refractivity contribution in [3.05, 3.63) is 23.8 Å². The fourth-order valence-electron chi connectivity index (χ4n) is 1.45. The van der Waals surface area contributed by atoms with Crippen LogP contribution < -0.4 is 9.86 Å². The Labute approximate surface area is 118 Å². The normalized spacial score (nSPS) is 12.4. The molecule has 3 N–H and O–H groups in total. The Morgan fingerprint density at radius 3 is 2.42 bits per heavy atom. The molecule has 0 aliphatic carbocycles. The number of aryl methyl sites for hydroxylation is 1. The third-order valence-corrected chi connectivity index (χ3v) is 5.01. The number of primary sulfonamides is 1. The van der Waals surface area contributed by atoms with E-state index >= 15 is 0 Å². The molecule has 0 heterocycles. The highest BCUT2D eigenvalue weighted by molar-refractivity contribution is 7.92. The summed E-state index contributed by atoms with van der Waals surface area (Å²) in [5.41, 5.74) is 0.607. The van der Waals surface area contributed by atoms with E-state index in [-0.39, 0.29) is 22.2 Å². The molecule has 9 heteroatoms. The summed E-state index contributed by atoms with van der Waals surface area (Å²) < 4.78 is 48.2. The molecule has 0 saturated carbocycles. The van der Waals surface area contributed by atoms with Gasteiger partial charge in [0.05, 0.1) is 10.6 Å². The second-order valence-electron chi connectivity index (χ2n) is 3.99. The molecule has 0 spiro atoms. The average molecular weight is 327 g/mol. The van der Waals surface area contributed by atoms with Crippen LogP contribution in [0.25, 0.3) is 0 Å². The topological polar surface area (TPSA) is 106 Å². The van der Waals surface area contributed by atoms with Gasteiger partial charge in [0.15, 0.2) is 0 Å². The summed E-state index contributed by atoms with van der Waals surface area (Å²) in [4.78, 5) is -0.106. The second-order valence-corrected chi connectivity index (χ2v) is 7.74. The van der Waals surface area contributed by atoms with E-state index in [9.17, 15) is 16.8 Å². The minimum atomic E-state index is -3.88. The van der Waals surface area contributed by atoms with Gasteiger partial charge in [0.1, 0.15) is 0 Å². The average Bonchev–Trinajstić information content (AvgIpc) is 2.27. The number of hydrogen-bond acceptors (Lipinski definition) is 4. The zero-order valence-corrected chi connectivity index (χ0v) is 12.6. The summed E-state index contributed by atoms with van der Waals surface area (Å²) >= 11 is 5.43. The molecule has 0 unspecified atom stereocenters. The minimum absolute atomic E-state index is 0.106. The van der Waals surface area contributed by atoms with Crippen molar-refractivity contribution < 1.29 is 16.8 Å². The molecule has 108 valence electrons. The molecular weight excluding hydrogens is 312 g/mol. The van der Waals surface area contributed by atoms with Crippen LogP contribution in [0.15, 0.2) is 23.1 Å². The van der Waals surface area contributed by atoms with E-state index in [1.54, 1.807) is 6.92 Å². The summed E-state index contributed by atoms with van der Waals surface area (Å²) in [7, 11) is -7.43. The number of nitrogens with one attached hydrogen (secondary N) is 1. The van der Waals surface area contributed by atoms with Crippen molar-refractivity contribution in [2.45, 2.75) is 18.2 Å². The molecule has 0 radical (unpaired) electrons. The second kappa shape index (κ2) is 6.08. The molecule has 0 fully saturated rings. The van der Waals surface area contributed by atoms with Gasteiger partial charge in [-0.2, -0.15) is 0 Å². The molecule has 6 nitrogen and oxygen atoms in total. The van der Waals surface area contributed by atoms with Gasteiger partial charge in [-0.05, 0) is 31.0 Å². The zero-order chi connectivity index (χ0) is 14.7. The quantitative estimate of drug-likeness (QED) is 0.761. The van der Waals surface area contributed by atoms with Gasteiger partial charge in [-0.1, -0.05) is 6.07 Å². The molecule has 19 heavy (non-hydrogen) atoms. The van der Waals surface area contributed by atoms with Crippen molar-refractivity contribution in [2.75, 3.05) is 16.4 Å². The molecule has 0 aliphatic rings. The predicted octanol–water partition coefficient (Wildman–Crippen LogP) is 1.01. The van der Waals surface area contributed by atoms with Gasteiger partial charge in [-0.3, -0.25) is 4.72 Å². The maximum Gasteiger partial charge on any atom is 0.238 e. The maximum absolute atomic E-state index is 11.7. The predicted molar refractivity (Wildman–Crippen MR) is 75.3 cm³/mol. The van der Waals surface area contributed by atoms with Crippen molar-refractivity contribution in [1.29, 1.82) is 0 Å². The maximum atomic E-state index is 11.7. The Kier molecular flexibility index (Phi) is 5.19. The van der Waals surface area contributed by atoms with E-state index in [2.05, 4.69) is 4.72 Å². The zero-order valence-electron chi connectivity index (χ0n) is 10.3. The van der Waals surface area contributed by atoms with E-state index in [1.165, 1.54) is 18.2 Å². The van der Waals surface area contributed by atoms with Crippen LogP contribution >= 0.6 is 11.6 Å². The summed E-state index contributed by atoms with van der Waals surface area (Å²) in [5, 5.41) is 5.05. The summed E-state index contributed by atoms with van der Waals surface area (Å²) in [6.07, 6.45) is 0.310. The van der Waals surface area contributed by atoms with Crippen LogP contribution in [0.5, 0.6) is 0 Å². The summed E-state index contributed by atoms with van der Waals surface area (Å²) in [6, 6.07) is 4.16. The number of halogens is 1. The third kappa shape index (κ3) is 4.98. The van der Waals surface area contributed by atoms with E-state index in [4.69, 9.17) is 16.7 Å². The summed E-state index contributed by atoms with van der Waals surface area (Å²) in [5.74, 6) is 0.103. The number of benzene rings is 1. The first kappa shape index (κ1) is 16.2. The number of alkyl halides is 1. The standard InChI is InChI=1S/C10H15ClN2O4S2/c1-8-3-4-9(7-10(8)19(12,16)17)13-18(14,15)6-2-5-11/h3-4,7,13H,2,5-6H2,1H3,(H2,12,16,17). The number of nitrogens with two attached hydrogens (primary N) is 1. The molecule has 0 aromatic heterocycles. The number of rotatable bonds is 6. The molecule has 1 aromatic carbocycles. The van der Waals surface area contributed by atoms with Crippen molar-refractivity contribution in [3.8, 4) is 0 Å². The van der Waals surface area contributed by atoms with Gasteiger partial charge in [0.25, 0.3) is 0 Å². The highest BCUT2D eigenvalue weighted by atomic mass is 35.5. The smallest absolute Gasteiger partial charge is 0.238 e. The van der Waals surface area contributed by atoms with Crippen LogP contribution in [-0.2, 0) is 20.0 Å². The van der Waals surface area contributed by atoms with Gasteiger partial charge in [0, 0.05) is 11.6 Å². The van der Waals surface area contributed by atoms with Crippen LogP contribution in [0.3, 0.4) is 0 Å². The van der Waals surface area contributed by atoms with Crippen LogP contribution in [0.4, 0.5) is 5.69 Å². The first-order valence-corrected chi connectivity index (χ1v) is 9.09. The Morgan fingerprint density at radius 1 is 1.26 bits per heavy atom. The third-order valence-electron chi connectivity index (χ3n) is 2.31. The fraction of sp³-hybridized carbons (Fsp3) is 0.400. The Morgan fingerprint density at radius 2 is 1.89 bits per heavy atom. The highest BCUT2D eigenvalue weighted by Crippen LogP contribution is 2.20. The molecule has 0 bridgehead atoms. The van der Waals surface area contributed by atoms with Crippen LogP contribution in [0.1, 0.15) is 12.0 Å². The molecular formula is C10H15ClN2O4S2. The molecule has 0 saturated heterocycles. The van der Waals surface area contributed by atoms with E-state index < -0.39 is 20.0 Å². The SMILES string of the molecule is Cc1ccc(NS(=O)(=O)CCCCl)cc1S(N)(=O)=O. The largest absolute Gasteiger partial charge is 0.284 e. The van der Waals surface area contributed by atoms with E-state index in [1.807, 2.05) is 0 Å². The Bertz CT molecular complexity index is 656. The lowest BCUT2D eigenvalue weighted by Crippen LogP contribution is -2.18.